The first-order valence-corrected chi connectivity index (χ1v) is 9.58. The van der Waals surface area contributed by atoms with Crippen LogP contribution in [-0.2, 0) is 6.54 Å². The second-order valence-corrected chi connectivity index (χ2v) is 6.82. The van der Waals surface area contributed by atoms with Gasteiger partial charge in [-0.2, -0.15) is 8.78 Å². The molecule has 0 aliphatic carbocycles. The molecule has 0 spiro atoms. The monoisotopic (exact) mass is 550 g/mol. The molecule has 2 N–H and O–H groups in total. The van der Waals surface area contributed by atoms with Gasteiger partial charge in [0.25, 0.3) is 0 Å². The Morgan fingerprint density at radius 2 is 2.00 bits per heavy atom. The maximum atomic E-state index is 13.8. The van der Waals surface area contributed by atoms with Gasteiger partial charge in [-0.25, -0.2) is 4.39 Å². The van der Waals surface area contributed by atoms with E-state index in [1.54, 1.807) is 37.4 Å². The molecule has 1 saturated heterocycles. The summed E-state index contributed by atoms with van der Waals surface area (Å²) in [5.74, 6) is 0.520. The van der Waals surface area contributed by atoms with Crippen LogP contribution in [0.3, 0.4) is 0 Å². The molecule has 2 aromatic rings. The van der Waals surface area contributed by atoms with Crippen molar-refractivity contribution in [3.63, 3.8) is 0 Å². The summed E-state index contributed by atoms with van der Waals surface area (Å²) in [5, 5.41) is 6.48. The van der Waals surface area contributed by atoms with Gasteiger partial charge in [-0.3, -0.25) is 4.99 Å². The van der Waals surface area contributed by atoms with Crippen molar-refractivity contribution in [1.82, 2.24) is 10.6 Å². The fraction of sp³-hybridized carbons (Fsp3) is 0.381. The van der Waals surface area contributed by atoms with E-state index in [2.05, 4.69) is 20.4 Å². The number of para-hydroxylation sites is 2. The zero-order chi connectivity index (χ0) is 21.5. The van der Waals surface area contributed by atoms with Crippen molar-refractivity contribution in [1.29, 1.82) is 0 Å². The summed E-state index contributed by atoms with van der Waals surface area (Å²) in [6.45, 7) is -1.17. The van der Waals surface area contributed by atoms with Gasteiger partial charge in [-0.15, -0.1) is 24.0 Å². The largest absolute Gasteiger partial charge is 0.494 e. The first-order chi connectivity index (χ1) is 14.5. The van der Waals surface area contributed by atoms with Crippen molar-refractivity contribution < 1.29 is 22.6 Å². The van der Waals surface area contributed by atoms with Crippen LogP contribution in [0.4, 0.5) is 18.9 Å². The number of aliphatic imine (C=N–C) groups is 1. The van der Waals surface area contributed by atoms with Crippen molar-refractivity contribution in [3.05, 3.63) is 53.8 Å². The van der Waals surface area contributed by atoms with Crippen LogP contribution in [0.25, 0.3) is 0 Å². The smallest absolute Gasteiger partial charge is 0.387 e. The van der Waals surface area contributed by atoms with Gasteiger partial charge in [0.05, 0.1) is 12.8 Å². The van der Waals surface area contributed by atoms with Crippen molar-refractivity contribution >= 4 is 35.6 Å². The van der Waals surface area contributed by atoms with Crippen LogP contribution >= 0.6 is 24.0 Å². The molecule has 1 aliphatic heterocycles. The molecule has 1 atom stereocenters. The number of ether oxygens (including phenoxy) is 2. The van der Waals surface area contributed by atoms with Gasteiger partial charge in [0.1, 0.15) is 5.75 Å². The van der Waals surface area contributed by atoms with E-state index in [9.17, 15) is 13.2 Å². The highest BCUT2D eigenvalue weighted by molar-refractivity contribution is 14.0. The number of hydrogen-bond acceptors (Lipinski definition) is 4. The zero-order valence-electron chi connectivity index (χ0n) is 17.3. The zero-order valence-corrected chi connectivity index (χ0v) is 19.6. The van der Waals surface area contributed by atoms with Gasteiger partial charge in [-0.05, 0) is 36.2 Å². The number of methoxy groups -OCH3 is 1. The van der Waals surface area contributed by atoms with Crippen molar-refractivity contribution in [2.24, 2.45) is 4.99 Å². The predicted molar refractivity (Wildman–Crippen MR) is 125 cm³/mol. The quantitative estimate of drug-likeness (QED) is 0.310. The van der Waals surface area contributed by atoms with E-state index < -0.39 is 12.4 Å². The molecule has 1 heterocycles. The molecule has 0 amide bonds. The van der Waals surface area contributed by atoms with Crippen LogP contribution in [0.1, 0.15) is 12.0 Å². The average molecular weight is 550 g/mol. The van der Waals surface area contributed by atoms with E-state index in [1.165, 1.54) is 19.2 Å². The molecule has 6 nitrogen and oxygen atoms in total. The minimum absolute atomic E-state index is 0. The van der Waals surface area contributed by atoms with Gasteiger partial charge in [-0.1, -0.05) is 18.2 Å². The molecule has 0 radical (unpaired) electrons. The Labute approximate surface area is 196 Å². The van der Waals surface area contributed by atoms with Gasteiger partial charge in [0.2, 0.25) is 0 Å². The minimum atomic E-state index is -2.87. The van der Waals surface area contributed by atoms with E-state index in [0.717, 1.165) is 12.0 Å². The van der Waals surface area contributed by atoms with E-state index in [0.29, 0.717) is 31.3 Å². The molecular weight excluding hydrogens is 524 g/mol. The third-order valence-electron chi connectivity index (χ3n) is 4.85. The molecule has 0 aromatic heterocycles. The summed E-state index contributed by atoms with van der Waals surface area (Å²) in [4.78, 5) is 6.21. The highest BCUT2D eigenvalue weighted by Gasteiger charge is 2.26. The summed E-state index contributed by atoms with van der Waals surface area (Å²) in [6, 6.07) is 11.6. The van der Waals surface area contributed by atoms with Crippen molar-refractivity contribution in [3.8, 4) is 11.5 Å². The first-order valence-electron chi connectivity index (χ1n) is 9.58. The Kier molecular flexibility index (Phi) is 9.53. The highest BCUT2D eigenvalue weighted by atomic mass is 127. The Morgan fingerprint density at radius 1 is 1.23 bits per heavy atom. The number of benzene rings is 2. The first kappa shape index (κ1) is 24.9. The summed E-state index contributed by atoms with van der Waals surface area (Å²) in [6.07, 6.45) is 0.806. The second-order valence-electron chi connectivity index (χ2n) is 6.82. The minimum Gasteiger partial charge on any atom is -0.494 e. The number of nitrogens with one attached hydrogen (secondary N) is 2. The third-order valence-corrected chi connectivity index (χ3v) is 4.85. The summed E-state index contributed by atoms with van der Waals surface area (Å²) in [5.41, 5.74) is 1.39. The van der Waals surface area contributed by atoms with Crippen LogP contribution in [0.5, 0.6) is 11.5 Å². The standard InChI is InChI=1S/C21H25F3N4O2.HI/c1-25-21(26-12-14-7-8-18(29-2)16(22)11-14)27-15-9-10-28(13-15)17-5-3-4-6-19(17)30-20(23)24;/h3-8,11,15,20H,9-10,12-13H2,1-2H3,(H2,25,26,27);1H. The molecule has 2 aromatic carbocycles. The van der Waals surface area contributed by atoms with Crippen LogP contribution in [0.15, 0.2) is 47.5 Å². The molecule has 1 fully saturated rings. The summed E-state index contributed by atoms with van der Waals surface area (Å²) >= 11 is 0. The summed E-state index contributed by atoms with van der Waals surface area (Å²) in [7, 11) is 3.08. The lowest BCUT2D eigenvalue weighted by molar-refractivity contribution is -0.0495. The number of alkyl halides is 2. The third kappa shape index (κ3) is 6.81. The SMILES string of the molecule is CN=C(NCc1ccc(OC)c(F)c1)NC1CCN(c2ccccc2OC(F)F)C1.I. The highest BCUT2D eigenvalue weighted by Crippen LogP contribution is 2.31. The molecule has 31 heavy (non-hydrogen) atoms. The van der Waals surface area contributed by atoms with Crippen molar-refractivity contribution in [2.75, 3.05) is 32.1 Å². The van der Waals surface area contributed by atoms with E-state index in [4.69, 9.17) is 4.74 Å². The topological polar surface area (TPSA) is 58.1 Å². The lowest BCUT2D eigenvalue weighted by Gasteiger charge is -2.22. The van der Waals surface area contributed by atoms with Crippen LogP contribution in [0.2, 0.25) is 0 Å². The number of halogens is 4. The van der Waals surface area contributed by atoms with Gasteiger partial charge in [0, 0.05) is 32.7 Å². The predicted octanol–water partition coefficient (Wildman–Crippen LogP) is 4.00. The molecule has 3 rings (SSSR count). The normalized spacial score (nSPS) is 16.1. The lowest BCUT2D eigenvalue weighted by atomic mass is 10.2. The number of hydrogen-bond donors (Lipinski definition) is 2. The van der Waals surface area contributed by atoms with E-state index in [1.807, 2.05) is 4.90 Å². The molecule has 10 heteroatoms. The maximum absolute atomic E-state index is 13.8. The van der Waals surface area contributed by atoms with E-state index >= 15 is 0 Å². The fourth-order valence-electron chi connectivity index (χ4n) is 3.40. The number of anilines is 1. The Bertz CT molecular complexity index is 885. The van der Waals surface area contributed by atoms with Gasteiger partial charge in [0.15, 0.2) is 17.5 Å². The Balaban J connectivity index is 0.00000341. The number of nitrogens with zero attached hydrogens (tertiary/aromatic N) is 2. The summed E-state index contributed by atoms with van der Waals surface area (Å²) < 4.78 is 48.7. The molecule has 0 bridgehead atoms. The molecule has 0 saturated carbocycles. The lowest BCUT2D eigenvalue weighted by Crippen LogP contribution is -2.44. The van der Waals surface area contributed by atoms with Crippen molar-refractivity contribution in [2.45, 2.75) is 25.6 Å². The number of guanidine groups is 1. The number of rotatable bonds is 7. The molecular formula is C21H26F3IN4O2. The maximum Gasteiger partial charge on any atom is 0.387 e. The van der Waals surface area contributed by atoms with Crippen LogP contribution < -0.4 is 25.0 Å². The van der Waals surface area contributed by atoms with Gasteiger partial charge >= 0.3 is 6.61 Å². The van der Waals surface area contributed by atoms with Crippen LogP contribution in [0, 0.1) is 5.82 Å². The van der Waals surface area contributed by atoms with Gasteiger partial charge < -0.3 is 25.0 Å². The Hall–Kier alpha value is -2.37. The van der Waals surface area contributed by atoms with Crippen LogP contribution in [-0.4, -0.2) is 45.9 Å². The Morgan fingerprint density at radius 3 is 2.68 bits per heavy atom. The van der Waals surface area contributed by atoms with E-state index in [-0.39, 0.29) is 41.5 Å². The molecule has 1 aliphatic rings. The average Bonchev–Trinajstić information content (AvgIpc) is 3.19. The molecule has 1 unspecified atom stereocenters. The second kappa shape index (κ2) is 11.9. The fourth-order valence-corrected chi connectivity index (χ4v) is 3.40. The molecule has 170 valence electrons.